The highest BCUT2D eigenvalue weighted by Gasteiger charge is 2.27. The van der Waals surface area contributed by atoms with Crippen LogP contribution in [-0.4, -0.2) is 41.6 Å². The number of hydrogen-bond donors (Lipinski definition) is 1. The summed E-state index contributed by atoms with van der Waals surface area (Å²) in [6.07, 6.45) is 1.27. The van der Waals surface area contributed by atoms with Crippen LogP contribution in [0.2, 0.25) is 0 Å². The van der Waals surface area contributed by atoms with Crippen LogP contribution in [-0.2, 0) is 4.74 Å². The SMILES string of the molecule is O=C(O)c1cccc(C(=O)N2CCO[C@@H](c3ccco3)C2)c1. The van der Waals surface area contributed by atoms with Gasteiger partial charge in [0, 0.05) is 12.1 Å². The molecule has 6 heteroatoms. The van der Waals surface area contributed by atoms with Crippen LogP contribution in [0.15, 0.2) is 47.1 Å². The molecule has 1 amide bonds. The van der Waals surface area contributed by atoms with Gasteiger partial charge in [0.05, 0.1) is 25.0 Å². The second-order valence-corrected chi connectivity index (χ2v) is 5.01. The van der Waals surface area contributed by atoms with Gasteiger partial charge in [-0.05, 0) is 30.3 Å². The maximum atomic E-state index is 12.5. The van der Waals surface area contributed by atoms with Crippen LogP contribution >= 0.6 is 0 Å². The van der Waals surface area contributed by atoms with Gasteiger partial charge in [-0.2, -0.15) is 0 Å². The molecule has 0 saturated carbocycles. The number of carboxylic acids is 1. The molecule has 1 N–H and O–H groups in total. The number of carbonyl (C=O) groups excluding carboxylic acids is 1. The fraction of sp³-hybridized carbons (Fsp3) is 0.250. The van der Waals surface area contributed by atoms with Crippen molar-refractivity contribution < 1.29 is 23.8 Å². The standard InChI is InChI=1S/C16H15NO5/c18-15(11-3-1-4-12(9-11)16(19)20)17-6-8-22-14(10-17)13-5-2-7-21-13/h1-5,7,9,14H,6,8,10H2,(H,19,20)/t14-/m1/s1. The van der Waals surface area contributed by atoms with E-state index in [0.29, 0.717) is 31.0 Å². The fourth-order valence-corrected chi connectivity index (χ4v) is 2.45. The van der Waals surface area contributed by atoms with Crippen LogP contribution in [0.4, 0.5) is 0 Å². The summed E-state index contributed by atoms with van der Waals surface area (Å²) >= 11 is 0. The number of rotatable bonds is 3. The highest BCUT2D eigenvalue weighted by atomic mass is 16.5. The Bertz CT molecular complexity index is 680. The van der Waals surface area contributed by atoms with Gasteiger partial charge < -0.3 is 19.2 Å². The Balaban J connectivity index is 1.77. The molecule has 22 heavy (non-hydrogen) atoms. The Labute approximate surface area is 126 Å². The molecule has 2 heterocycles. The summed E-state index contributed by atoms with van der Waals surface area (Å²) in [5.74, 6) is -0.579. The van der Waals surface area contributed by atoms with E-state index in [-0.39, 0.29) is 17.6 Å². The molecule has 3 rings (SSSR count). The molecule has 6 nitrogen and oxygen atoms in total. The first-order valence-electron chi connectivity index (χ1n) is 6.93. The van der Waals surface area contributed by atoms with E-state index in [1.807, 2.05) is 6.07 Å². The summed E-state index contributed by atoms with van der Waals surface area (Å²) in [6, 6.07) is 9.62. The lowest BCUT2D eigenvalue weighted by Gasteiger charge is -2.32. The van der Waals surface area contributed by atoms with E-state index in [0.717, 1.165) is 0 Å². The van der Waals surface area contributed by atoms with E-state index in [1.54, 1.807) is 29.4 Å². The van der Waals surface area contributed by atoms with Crippen molar-refractivity contribution in [1.82, 2.24) is 4.90 Å². The predicted molar refractivity (Wildman–Crippen MR) is 76.7 cm³/mol. The van der Waals surface area contributed by atoms with Gasteiger partial charge >= 0.3 is 5.97 Å². The summed E-state index contributed by atoms with van der Waals surface area (Å²) in [4.78, 5) is 25.2. The number of carboxylic acid groups (broad SMARTS) is 1. The first-order chi connectivity index (χ1) is 10.6. The molecule has 1 fully saturated rings. The number of amides is 1. The molecule has 0 unspecified atom stereocenters. The second-order valence-electron chi connectivity index (χ2n) is 5.01. The highest BCUT2D eigenvalue weighted by molar-refractivity contribution is 5.97. The molecule has 0 radical (unpaired) electrons. The maximum Gasteiger partial charge on any atom is 0.335 e. The third-order valence-electron chi connectivity index (χ3n) is 3.57. The Morgan fingerprint density at radius 1 is 1.18 bits per heavy atom. The van der Waals surface area contributed by atoms with Crippen molar-refractivity contribution in [1.29, 1.82) is 0 Å². The number of morpholine rings is 1. The van der Waals surface area contributed by atoms with Gasteiger partial charge in [0.15, 0.2) is 0 Å². The number of ether oxygens (including phenoxy) is 1. The van der Waals surface area contributed by atoms with Crippen molar-refractivity contribution >= 4 is 11.9 Å². The van der Waals surface area contributed by atoms with E-state index in [4.69, 9.17) is 14.3 Å². The van der Waals surface area contributed by atoms with Crippen molar-refractivity contribution in [3.05, 3.63) is 59.5 Å². The molecule has 1 aromatic heterocycles. The van der Waals surface area contributed by atoms with Crippen molar-refractivity contribution in [3.8, 4) is 0 Å². The molecule has 0 aliphatic carbocycles. The average Bonchev–Trinajstić information content (AvgIpc) is 3.09. The smallest absolute Gasteiger partial charge is 0.335 e. The highest BCUT2D eigenvalue weighted by Crippen LogP contribution is 2.23. The number of aromatic carboxylic acids is 1. The van der Waals surface area contributed by atoms with Gasteiger partial charge in [-0.3, -0.25) is 4.79 Å². The Kier molecular flexibility index (Phi) is 3.93. The molecule has 1 aliphatic rings. The summed E-state index contributed by atoms with van der Waals surface area (Å²) < 4.78 is 10.9. The summed E-state index contributed by atoms with van der Waals surface area (Å²) in [7, 11) is 0. The van der Waals surface area contributed by atoms with Gasteiger partial charge in [0.25, 0.3) is 5.91 Å². The van der Waals surface area contributed by atoms with Gasteiger partial charge in [0.2, 0.25) is 0 Å². The molecule has 2 aromatic rings. The number of hydrogen-bond acceptors (Lipinski definition) is 4. The Morgan fingerprint density at radius 3 is 2.73 bits per heavy atom. The van der Waals surface area contributed by atoms with Crippen LogP contribution in [0.25, 0.3) is 0 Å². The monoisotopic (exact) mass is 301 g/mol. The molecule has 0 bridgehead atoms. The van der Waals surface area contributed by atoms with Crippen molar-refractivity contribution in [3.63, 3.8) is 0 Å². The van der Waals surface area contributed by atoms with E-state index in [1.165, 1.54) is 12.1 Å². The lowest BCUT2D eigenvalue weighted by Crippen LogP contribution is -2.42. The van der Waals surface area contributed by atoms with Crippen LogP contribution in [0, 0.1) is 0 Å². The van der Waals surface area contributed by atoms with Crippen molar-refractivity contribution in [2.45, 2.75) is 6.10 Å². The van der Waals surface area contributed by atoms with Crippen molar-refractivity contribution in [2.75, 3.05) is 19.7 Å². The minimum Gasteiger partial charge on any atom is -0.478 e. The third-order valence-corrected chi connectivity index (χ3v) is 3.57. The number of nitrogens with zero attached hydrogens (tertiary/aromatic N) is 1. The van der Waals surface area contributed by atoms with Gasteiger partial charge in [-0.1, -0.05) is 6.07 Å². The minimum atomic E-state index is -1.05. The molecule has 1 atom stereocenters. The second kappa shape index (κ2) is 6.03. The van der Waals surface area contributed by atoms with E-state index in [9.17, 15) is 9.59 Å². The third kappa shape index (κ3) is 2.87. The molecule has 114 valence electrons. The lowest BCUT2D eigenvalue weighted by molar-refractivity contribution is -0.0321. The number of carbonyl (C=O) groups is 2. The number of furan rings is 1. The number of benzene rings is 1. The first-order valence-corrected chi connectivity index (χ1v) is 6.93. The molecule has 0 spiro atoms. The van der Waals surface area contributed by atoms with Gasteiger partial charge in [-0.25, -0.2) is 4.79 Å². The average molecular weight is 301 g/mol. The summed E-state index contributed by atoms with van der Waals surface area (Å²) in [5, 5.41) is 9.01. The van der Waals surface area contributed by atoms with Crippen LogP contribution in [0.3, 0.4) is 0 Å². The van der Waals surface area contributed by atoms with Crippen LogP contribution < -0.4 is 0 Å². The molecular weight excluding hydrogens is 286 g/mol. The Hall–Kier alpha value is -2.60. The normalized spacial score (nSPS) is 18.2. The predicted octanol–water partition coefficient (Wildman–Crippen LogP) is 2.19. The fourth-order valence-electron chi connectivity index (χ4n) is 2.45. The largest absolute Gasteiger partial charge is 0.478 e. The zero-order valence-electron chi connectivity index (χ0n) is 11.8. The van der Waals surface area contributed by atoms with Gasteiger partial charge in [-0.15, -0.1) is 0 Å². The van der Waals surface area contributed by atoms with E-state index < -0.39 is 5.97 Å². The molecular formula is C16H15NO5. The van der Waals surface area contributed by atoms with Gasteiger partial charge in [0.1, 0.15) is 11.9 Å². The van der Waals surface area contributed by atoms with Crippen molar-refractivity contribution in [2.24, 2.45) is 0 Å². The first kappa shape index (κ1) is 14.3. The van der Waals surface area contributed by atoms with E-state index >= 15 is 0 Å². The molecule has 1 saturated heterocycles. The van der Waals surface area contributed by atoms with Crippen LogP contribution in [0.5, 0.6) is 0 Å². The Morgan fingerprint density at radius 2 is 2.00 bits per heavy atom. The zero-order valence-corrected chi connectivity index (χ0v) is 11.8. The maximum absolute atomic E-state index is 12.5. The minimum absolute atomic E-state index is 0.0988. The van der Waals surface area contributed by atoms with E-state index in [2.05, 4.69) is 0 Å². The quantitative estimate of drug-likeness (QED) is 0.940. The van der Waals surface area contributed by atoms with Crippen LogP contribution in [0.1, 0.15) is 32.6 Å². The topological polar surface area (TPSA) is 80.0 Å². The molecule has 1 aliphatic heterocycles. The molecule has 1 aromatic carbocycles. The zero-order chi connectivity index (χ0) is 15.5. The summed E-state index contributed by atoms with van der Waals surface area (Å²) in [6.45, 7) is 1.26. The summed E-state index contributed by atoms with van der Waals surface area (Å²) in [5.41, 5.74) is 0.460. The lowest BCUT2D eigenvalue weighted by atomic mass is 10.1.